The van der Waals surface area contributed by atoms with E-state index in [1.165, 1.54) is 70.6 Å². The highest BCUT2D eigenvalue weighted by Crippen LogP contribution is 2.46. The molecule has 3 rings (SSSR count). The van der Waals surface area contributed by atoms with Crippen molar-refractivity contribution in [2.45, 2.75) is 94.1 Å². The molecule has 1 nitrogen and oxygen atoms in total. The predicted molar refractivity (Wildman–Crippen MR) is 83.8 cm³/mol. The van der Waals surface area contributed by atoms with Crippen molar-refractivity contribution in [2.24, 2.45) is 11.8 Å². The van der Waals surface area contributed by atoms with Gasteiger partial charge in [0.1, 0.15) is 0 Å². The Morgan fingerprint density at radius 2 is 1.89 bits per heavy atom. The molecule has 1 spiro atoms. The first-order chi connectivity index (χ1) is 9.21. The first kappa shape index (κ1) is 14.4. The second kappa shape index (κ2) is 6.05. The molecule has 19 heavy (non-hydrogen) atoms. The van der Waals surface area contributed by atoms with Crippen LogP contribution < -0.4 is 0 Å². The predicted octanol–water partition coefficient (Wildman–Crippen LogP) is 5.46. The minimum Gasteiger partial charge on any atom is -0.372 e. The molecule has 0 N–H and O–H groups in total. The van der Waals surface area contributed by atoms with E-state index in [4.69, 9.17) is 4.74 Å². The number of halogens is 1. The van der Waals surface area contributed by atoms with E-state index in [-0.39, 0.29) is 0 Å². The van der Waals surface area contributed by atoms with Crippen molar-refractivity contribution < 1.29 is 4.74 Å². The van der Waals surface area contributed by atoms with Crippen LogP contribution in [0.1, 0.15) is 77.6 Å². The number of alkyl halides is 1. The lowest BCUT2D eigenvalue weighted by Gasteiger charge is -2.34. The normalized spacial score (nSPS) is 42.0. The van der Waals surface area contributed by atoms with Gasteiger partial charge in [-0.3, -0.25) is 0 Å². The van der Waals surface area contributed by atoms with E-state index in [2.05, 4.69) is 22.9 Å². The zero-order valence-corrected chi connectivity index (χ0v) is 14.0. The second-order valence-electron chi connectivity index (χ2n) is 7.27. The Kier molecular flexibility index (Phi) is 4.58. The Morgan fingerprint density at radius 3 is 2.63 bits per heavy atom. The fraction of sp³-hybridized carbons (Fsp3) is 1.00. The zero-order valence-electron chi connectivity index (χ0n) is 12.4. The fourth-order valence-electron chi connectivity index (χ4n) is 4.73. The van der Waals surface area contributed by atoms with Crippen molar-refractivity contribution in [1.29, 1.82) is 0 Å². The van der Waals surface area contributed by atoms with E-state index in [1.54, 1.807) is 0 Å². The first-order valence-corrected chi connectivity index (χ1v) is 9.44. The van der Waals surface area contributed by atoms with Crippen LogP contribution in [-0.2, 0) is 4.74 Å². The van der Waals surface area contributed by atoms with Gasteiger partial charge in [-0.25, -0.2) is 0 Å². The van der Waals surface area contributed by atoms with Crippen LogP contribution in [0.5, 0.6) is 0 Å². The smallest absolute Gasteiger partial charge is 0.0687 e. The molecule has 3 fully saturated rings. The molecule has 110 valence electrons. The van der Waals surface area contributed by atoms with Crippen molar-refractivity contribution in [3.05, 3.63) is 0 Å². The standard InChI is InChI=1S/C17H29BrO/c1-2-13-5-6-16(18)14(11-13)12-15-7-10-17(19-15)8-3-4-9-17/h13-16H,2-12H2,1H3. The van der Waals surface area contributed by atoms with Crippen molar-refractivity contribution in [1.82, 2.24) is 0 Å². The van der Waals surface area contributed by atoms with Crippen molar-refractivity contribution in [2.75, 3.05) is 0 Å². The van der Waals surface area contributed by atoms with Crippen LogP contribution in [0.4, 0.5) is 0 Å². The maximum absolute atomic E-state index is 6.51. The summed E-state index contributed by atoms with van der Waals surface area (Å²) in [6.45, 7) is 2.36. The molecule has 2 saturated carbocycles. The molecular weight excluding hydrogens is 300 g/mol. The highest BCUT2D eigenvalue weighted by atomic mass is 79.9. The van der Waals surface area contributed by atoms with Crippen LogP contribution in [0.2, 0.25) is 0 Å². The van der Waals surface area contributed by atoms with E-state index in [0.29, 0.717) is 11.7 Å². The van der Waals surface area contributed by atoms with Crippen molar-refractivity contribution in [3.63, 3.8) is 0 Å². The van der Waals surface area contributed by atoms with E-state index in [1.807, 2.05) is 0 Å². The van der Waals surface area contributed by atoms with Gasteiger partial charge in [-0.05, 0) is 63.2 Å². The average molecular weight is 329 g/mol. The maximum Gasteiger partial charge on any atom is 0.0687 e. The molecular formula is C17H29BrO. The lowest BCUT2D eigenvalue weighted by atomic mass is 9.77. The van der Waals surface area contributed by atoms with Gasteiger partial charge >= 0.3 is 0 Å². The number of ether oxygens (including phenoxy) is 1. The van der Waals surface area contributed by atoms with Gasteiger partial charge in [-0.15, -0.1) is 0 Å². The van der Waals surface area contributed by atoms with E-state index in [9.17, 15) is 0 Å². The summed E-state index contributed by atoms with van der Waals surface area (Å²) in [7, 11) is 0. The Bertz CT molecular complexity index is 298. The molecule has 1 aliphatic heterocycles. The molecule has 1 saturated heterocycles. The summed E-state index contributed by atoms with van der Waals surface area (Å²) >= 11 is 3.94. The van der Waals surface area contributed by atoms with Crippen LogP contribution in [-0.4, -0.2) is 16.5 Å². The van der Waals surface area contributed by atoms with E-state index in [0.717, 1.165) is 16.7 Å². The summed E-state index contributed by atoms with van der Waals surface area (Å²) in [4.78, 5) is 0.749. The monoisotopic (exact) mass is 328 g/mol. The van der Waals surface area contributed by atoms with Gasteiger partial charge in [-0.1, -0.05) is 42.1 Å². The number of rotatable bonds is 3. The van der Waals surface area contributed by atoms with Gasteiger partial charge < -0.3 is 4.74 Å². The molecule has 0 bridgehead atoms. The molecule has 4 unspecified atom stereocenters. The second-order valence-corrected chi connectivity index (χ2v) is 8.44. The topological polar surface area (TPSA) is 9.23 Å². The molecule has 0 aromatic heterocycles. The molecule has 2 aliphatic carbocycles. The summed E-state index contributed by atoms with van der Waals surface area (Å²) in [5.74, 6) is 1.83. The van der Waals surface area contributed by atoms with Gasteiger partial charge in [0, 0.05) is 4.83 Å². The Hall–Kier alpha value is 0.440. The highest BCUT2D eigenvalue weighted by molar-refractivity contribution is 9.09. The van der Waals surface area contributed by atoms with Gasteiger partial charge in [0.2, 0.25) is 0 Å². The highest BCUT2D eigenvalue weighted by Gasteiger charge is 2.43. The summed E-state index contributed by atoms with van der Waals surface area (Å²) in [6, 6.07) is 0. The third kappa shape index (κ3) is 3.20. The lowest BCUT2D eigenvalue weighted by Crippen LogP contribution is -2.30. The molecule has 3 aliphatic rings. The summed E-state index contributed by atoms with van der Waals surface area (Å²) in [6.07, 6.45) is 15.6. The summed E-state index contributed by atoms with van der Waals surface area (Å²) < 4.78 is 6.51. The Labute approximate surface area is 127 Å². The SMILES string of the molecule is CCC1CCC(Br)C(CC2CCC3(CCCC3)O2)C1. The molecule has 0 radical (unpaired) electrons. The first-order valence-electron chi connectivity index (χ1n) is 8.53. The van der Waals surface area contributed by atoms with Crippen LogP contribution in [0.15, 0.2) is 0 Å². The van der Waals surface area contributed by atoms with Crippen LogP contribution in [0.3, 0.4) is 0 Å². The van der Waals surface area contributed by atoms with Gasteiger partial charge in [0.15, 0.2) is 0 Å². The third-order valence-electron chi connectivity index (χ3n) is 5.99. The number of hydrogen-bond acceptors (Lipinski definition) is 1. The molecule has 2 heteroatoms. The largest absolute Gasteiger partial charge is 0.372 e. The number of hydrogen-bond donors (Lipinski definition) is 0. The molecule has 1 heterocycles. The van der Waals surface area contributed by atoms with Crippen LogP contribution in [0, 0.1) is 11.8 Å². The Balaban J connectivity index is 1.53. The zero-order chi connectivity index (χ0) is 13.3. The summed E-state index contributed by atoms with van der Waals surface area (Å²) in [5.41, 5.74) is 0.325. The minimum absolute atomic E-state index is 0.325. The quantitative estimate of drug-likeness (QED) is 0.625. The molecule has 0 aromatic carbocycles. The fourth-order valence-corrected chi connectivity index (χ4v) is 5.42. The summed E-state index contributed by atoms with van der Waals surface area (Å²) in [5, 5.41) is 0. The maximum atomic E-state index is 6.51. The van der Waals surface area contributed by atoms with Gasteiger partial charge in [-0.2, -0.15) is 0 Å². The van der Waals surface area contributed by atoms with Gasteiger partial charge in [0.25, 0.3) is 0 Å². The van der Waals surface area contributed by atoms with E-state index >= 15 is 0 Å². The molecule has 0 amide bonds. The average Bonchev–Trinajstić information content (AvgIpc) is 3.03. The Morgan fingerprint density at radius 1 is 1.11 bits per heavy atom. The van der Waals surface area contributed by atoms with Crippen molar-refractivity contribution in [3.8, 4) is 0 Å². The van der Waals surface area contributed by atoms with E-state index < -0.39 is 0 Å². The van der Waals surface area contributed by atoms with Crippen LogP contribution in [0.25, 0.3) is 0 Å². The third-order valence-corrected chi connectivity index (χ3v) is 7.20. The molecule has 4 atom stereocenters. The van der Waals surface area contributed by atoms with Crippen LogP contribution >= 0.6 is 15.9 Å². The van der Waals surface area contributed by atoms with Crippen molar-refractivity contribution >= 4 is 15.9 Å². The minimum atomic E-state index is 0.325. The van der Waals surface area contributed by atoms with Gasteiger partial charge in [0.05, 0.1) is 11.7 Å². The lowest BCUT2D eigenvalue weighted by molar-refractivity contribution is -0.0463. The molecule has 0 aromatic rings.